The monoisotopic (exact) mass is 292 g/mol. The van der Waals surface area contributed by atoms with E-state index in [-0.39, 0.29) is 17.7 Å². The Bertz CT molecular complexity index is 446. The van der Waals surface area contributed by atoms with Crippen molar-refractivity contribution in [2.45, 2.75) is 52.6 Å². The van der Waals surface area contributed by atoms with Crippen LogP contribution in [0.2, 0.25) is 0 Å². The maximum atomic E-state index is 12.4. The summed E-state index contributed by atoms with van der Waals surface area (Å²) in [6.45, 7) is 9.73. The van der Waals surface area contributed by atoms with Crippen LogP contribution in [-0.2, 0) is 4.79 Å². The van der Waals surface area contributed by atoms with Crippen molar-refractivity contribution >= 4 is 5.91 Å². The van der Waals surface area contributed by atoms with E-state index >= 15 is 0 Å². The van der Waals surface area contributed by atoms with E-state index < -0.39 is 0 Å². The molecule has 0 aliphatic carbocycles. The van der Waals surface area contributed by atoms with Gasteiger partial charge >= 0.3 is 0 Å². The van der Waals surface area contributed by atoms with Crippen LogP contribution < -0.4 is 5.32 Å². The van der Waals surface area contributed by atoms with E-state index in [9.17, 15) is 9.90 Å². The Morgan fingerprint density at radius 1 is 1.33 bits per heavy atom. The molecule has 0 aromatic heterocycles. The van der Waals surface area contributed by atoms with Crippen LogP contribution in [0.25, 0.3) is 0 Å². The number of carbonyl (C=O) groups is 1. The lowest BCUT2D eigenvalue weighted by Gasteiger charge is -2.28. The quantitative estimate of drug-likeness (QED) is 0.724. The summed E-state index contributed by atoms with van der Waals surface area (Å²) in [5, 5.41) is 12.9. The average molecular weight is 292 g/mol. The Balaban J connectivity index is 2.58. The van der Waals surface area contributed by atoms with E-state index in [0.717, 1.165) is 18.5 Å². The van der Waals surface area contributed by atoms with E-state index in [1.165, 1.54) is 0 Å². The van der Waals surface area contributed by atoms with Crippen molar-refractivity contribution in [1.29, 1.82) is 0 Å². The van der Waals surface area contributed by atoms with Gasteiger partial charge in [0.25, 0.3) is 0 Å². The van der Waals surface area contributed by atoms with Crippen LogP contribution in [0.3, 0.4) is 0 Å². The van der Waals surface area contributed by atoms with Crippen molar-refractivity contribution in [2.75, 3.05) is 13.1 Å². The SMILES string of the molecule is CCN(C(=O)CCCNC(C)C)C(C)c1cccc(O)c1. The van der Waals surface area contributed by atoms with Crippen molar-refractivity contribution in [3.8, 4) is 5.75 Å². The first-order chi connectivity index (χ1) is 9.95. The molecule has 21 heavy (non-hydrogen) atoms. The Kier molecular flexibility index (Phi) is 7.23. The molecule has 0 saturated carbocycles. The van der Waals surface area contributed by atoms with Gasteiger partial charge in [-0.05, 0) is 44.5 Å². The van der Waals surface area contributed by atoms with E-state index in [2.05, 4.69) is 19.2 Å². The zero-order valence-corrected chi connectivity index (χ0v) is 13.6. The number of nitrogens with zero attached hydrogens (tertiary/aromatic N) is 1. The molecule has 0 radical (unpaired) electrons. The summed E-state index contributed by atoms with van der Waals surface area (Å²) < 4.78 is 0. The number of amides is 1. The van der Waals surface area contributed by atoms with Crippen molar-refractivity contribution < 1.29 is 9.90 Å². The smallest absolute Gasteiger partial charge is 0.223 e. The van der Waals surface area contributed by atoms with Crippen LogP contribution in [0.4, 0.5) is 0 Å². The lowest BCUT2D eigenvalue weighted by molar-refractivity contribution is -0.133. The van der Waals surface area contributed by atoms with Gasteiger partial charge in [-0.2, -0.15) is 0 Å². The second kappa shape index (κ2) is 8.67. The van der Waals surface area contributed by atoms with Crippen molar-refractivity contribution in [1.82, 2.24) is 10.2 Å². The molecule has 1 aromatic carbocycles. The summed E-state index contributed by atoms with van der Waals surface area (Å²) >= 11 is 0. The standard InChI is InChI=1S/C17H28N2O2/c1-5-19(17(21)10-7-11-18-13(2)3)14(4)15-8-6-9-16(20)12-15/h6,8-9,12-14,18,20H,5,7,10-11H2,1-4H3. The summed E-state index contributed by atoms with van der Waals surface area (Å²) in [6, 6.07) is 7.56. The third-order valence-electron chi connectivity index (χ3n) is 3.60. The second-order valence-electron chi connectivity index (χ2n) is 5.66. The Hall–Kier alpha value is -1.55. The van der Waals surface area contributed by atoms with Gasteiger partial charge in [0.05, 0.1) is 6.04 Å². The van der Waals surface area contributed by atoms with Gasteiger partial charge in [0.2, 0.25) is 5.91 Å². The van der Waals surface area contributed by atoms with E-state index in [1.807, 2.05) is 30.9 Å². The molecular formula is C17H28N2O2. The van der Waals surface area contributed by atoms with Crippen molar-refractivity contribution in [3.63, 3.8) is 0 Å². The molecule has 1 amide bonds. The highest BCUT2D eigenvalue weighted by Crippen LogP contribution is 2.24. The lowest BCUT2D eigenvalue weighted by atomic mass is 10.1. The molecule has 2 N–H and O–H groups in total. The fraction of sp³-hybridized carbons (Fsp3) is 0.588. The molecule has 0 saturated heterocycles. The largest absolute Gasteiger partial charge is 0.508 e. The normalized spacial score (nSPS) is 12.4. The Labute approximate surface area is 128 Å². The summed E-state index contributed by atoms with van der Waals surface area (Å²) in [4.78, 5) is 14.2. The first-order valence-electron chi connectivity index (χ1n) is 7.77. The summed E-state index contributed by atoms with van der Waals surface area (Å²) in [5.74, 6) is 0.405. The molecule has 0 bridgehead atoms. The molecule has 0 spiro atoms. The van der Waals surface area contributed by atoms with Crippen LogP contribution >= 0.6 is 0 Å². The number of hydrogen-bond acceptors (Lipinski definition) is 3. The van der Waals surface area contributed by atoms with Gasteiger partial charge in [0.15, 0.2) is 0 Å². The summed E-state index contributed by atoms with van der Waals surface area (Å²) in [7, 11) is 0. The highest BCUT2D eigenvalue weighted by Gasteiger charge is 2.19. The zero-order chi connectivity index (χ0) is 15.8. The molecule has 0 aliphatic heterocycles. The number of hydrogen-bond donors (Lipinski definition) is 2. The van der Waals surface area contributed by atoms with Gasteiger partial charge in [-0.15, -0.1) is 0 Å². The van der Waals surface area contributed by atoms with Gasteiger partial charge in [-0.3, -0.25) is 4.79 Å². The minimum Gasteiger partial charge on any atom is -0.508 e. The number of phenols is 1. The number of nitrogens with one attached hydrogen (secondary N) is 1. The molecule has 1 atom stereocenters. The third kappa shape index (κ3) is 5.76. The molecule has 118 valence electrons. The van der Waals surface area contributed by atoms with Crippen molar-refractivity contribution in [3.05, 3.63) is 29.8 Å². The minimum absolute atomic E-state index is 0.0207. The van der Waals surface area contributed by atoms with Gasteiger partial charge in [0, 0.05) is 19.0 Å². The molecule has 4 heteroatoms. The van der Waals surface area contributed by atoms with E-state index in [4.69, 9.17) is 0 Å². The van der Waals surface area contributed by atoms with Gasteiger partial charge in [-0.1, -0.05) is 26.0 Å². The Morgan fingerprint density at radius 2 is 2.05 bits per heavy atom. The van der Waals surface area contributed by atoms with Gasteiger partial charge < -0.3 is 15.3 Å². The predicted molar refractivity (Wildman–Crippen MR) is 86.3 cm³/mol. The molecule has 4 nitrogen and oxygen atoms in total. The highest BCUT2D eigenvalue weighted by molar-refractivity contribution is 5.76. The van der Waals surface area contributed by atoms with Gasteiger partial charge in [0.1, 0.15) is 5.75 Å². The third-order valence-corrected chi connectivity index (χ3v) is 3.60. The Morgan fingerprint density at radius 3 is 2.62 bits per heavy atom. The molecule has 1 rings (SSSR count). The predicted octanol–water partition coefficient (Wildman–Crippen LogP) is 3.08. The number of aromatic hydroxyl groups is 1. The molecule has 1 aromatic rings. The summed E-state index contributed by atoms with van der Waals surface area (Å²) in [5.41, 5.74) is 0.963. The highest BCUT2D eigenvalue weighted by atomic mass is 16.3. The maximum absolute atomic E-state index is 12.4. The van der Waals surface area contributed by atoms with Crippen LogP contribution in [0.15, 0.2) is 24.3 Å². The first-order valence-corrected chi connectivity index (χ1v) is 7.77. The first kappa shape index (κ1) is 17.5. The number of benzene rings is 1. The molecular weight excluding hydrogens is 264 g/mol. The van der Waals surface area contributed by atoms with E-state index in [0.29, 0.717) is 19.0 Å². The molecule has 0 heterocycles. The molecule has 0 fully saturated rings. The van der Waals surface area contributed by atoms with Crippen LogP contribution in [0.5, 0.6) is 5.75 Å². The fourth-order valence-electron chi connectivity index (χ4n) is 2.40. The number of rotatable bonds is 8. The number of carbonyl (C=O) groups excluding carboxylic acids is 1. The van der Waals surface area contributed by atoms with Crippen LogP contribution in [0, 0.1) is 0 Å². The molecule has 0 aliphatic rings. The minimum atomic E-state index is -0.0207. The van der Waals surface area contributed by atoms with Gasteiger partial charge in [-0.25, -0.2) is 0 Å². The van der Waals surface area contributed by atoms with E-state index in [1.54, 1.807) is 12.1 Å². The molecule has 1 unspecified atom stereocenters. The zero-order valence-electron chi connectivity index (χ0n) is 13.6. The number of phenolic OH excluding ortho intramolecular Hbond substituents is 1. The fourth-order valence-corrected chi connectivity index (χ4v) is 2.40. The average Bonchev–Trinajstić information content (AvgIpc) is 2.44. The second-order valence-corrected chi connectivity index (χ2v) is 5.66. The summed E-state index contributed by atoms with van der Waals surface area (Å²) in [6.07, 6.45) is 1.40. The van der Waals surface area contributed by atoms with Crippen LogP contribution in [-0.4, -0.2) is 35.0 Å². The topological polar surface area (TPSA) is 52.6 Å². The van der Waals surface area contributed by atoms with Crippen LogP contribution in [0.1, 0.15) is 52.1 Å². The maximum Gasteiger partial charge on any atom is 0.223 e. The van der Waals surface area contributed by atoms with Crippen molar-refractivity contribution in [2.24, 2.45) is 0 Å². The lowest BCUT2D eigenvalue weighted by Crippen LogP contribution is -2.34.